The highest BCUT2D eigenvalue weighted by Crippen LogP contribution is 2.25. The molecule has 0 aliphatic heterocycles. The normalized spacial score (nSPS) is 14.0. The lowest BCUT2D eigenvalue weighted by Gasteiger charge is -2.07. The Morgan fingerprint density at radius 2 is 1.71 bits per heavy atom. The molecule has 0 bridgehead atoms. The van der Waals surface area contributed by atoms with Crippen LogP contribution in [-0.4, -0.2) is 25.2 Å². The summed E-state index contributed by atoms with van der Waals surface area (Å²) >= 11 is 0. The maximum atomic E-state index is 11.4. The van der Waals surface area contributed by atoms with Crippen LogP contribution in [0.2, 0.25) is 0 Å². The number of ether oxygens (including phenoxy) is 2. The number of esters is 2. The number of hydrogen-bond donors (Lipinski definition) is 0. The Morgan fingerprint density at radius 3 is 2.29 bits per heavy atom. The summed E-state index contributed by atoms with van der Waals surface area (Å²) in [5.74, 6) is -0.497. The van der Waals surface area contributed by atoms with Crippen LogP contribution < -0.4 is 0 Å². The first-order chi connectivity index (χ1) is 8.17. The predicted octanol–water partition coefficient (Wildman–Crippen LogP) is 2.15. The molecule has 0 aromatic carbocycles. The zero-order chi connectivity index (χ0) is 12.7. The molecular weight excluding hydrogens is 220 g/mol. The summed E-state index contributed by atoms with van der Waals surface area (Å²) < 4.78 is 9.77. The molecule has 4 nitrogen and oxygen atoms in total. The molecule has 0 atom stereocenters. The van der Waals surface area contributed by atoms with E-state index in [1.807, 2.05) is 12.2 Å². The van der Waals surface area contributed by atoms with Gasteiger partial charge in [0.1, 0.15) is 0 Å². The van der Waals surface area contributed by atoms with E-state index in [4.69, 9.17) is 9.47 Å². The molecule has 1 aliphatic rings. The van der Waals surface area contributed by atoms with E-state index in [1.54, 1.807) is 13.8 Å². The molecule has 17 heavy (non-hydrogen) atoms. The third kappa shape index (κ3) is 4.43. The first-order valence-corrected chi connectivity index (χ1v) is 5.86. The minimum absolute atomic E-state index is 0.235. The molecule has 0 N–H and O–H groups in total. The Bertz CT molecular complexity index is 352. The van der Waals surface area contributed by atoms with Crippen molar-refractivity contribution in [2.45, 2.75) is 33.1 Å². The summed E-state index contributed by atoms with van der Waals surface area (Å²) in [6.07, 6.45) is 5.04. The predicted molar refractivity (Wildman–Crippen MR) is 63.3 cm³/mol. The van der Waals surface area contributed by atoms with Gasteiger partial charge in [-0.2, -0.15) is 0 Å². The van der Waals surface area contributed by atoms with Gasteiger partial charge in [0.15, 0.2) is 0 Å². The van der Waals surface area contributed by atoms with Gasteiger partial charge >= 0.3 is 11.9 Å². The first-order valence-electron chi connectivity index (χ1n) is 5.86. The first kappa shape index (κ1) is 13.5. The topological polar surface area (TPSA) is 52.6 Å². The Balaban J connectivity index is 2.56. The minimum atomic E-state index is -0.254. The quantitative estimate of drug-likeness (QED) is 0.665. The molecule has 94 valence electrons. The fraction of sp³-hybridized carbons (Fsp3) is 0.538. The van der Waals surface area contributed by atoms with Gasteiger partial charge in [-0.15, -0.1) is 0 Å². The van der Waals surface area contributed by atoms with E-state index in [2.05, 4.69) is 0 Å². The van der Waals surface area contributed by atoms with Crippen molar-refractivity contribution in [3.63, 3.8) is 0 Å². The number of carbonyl (C=O) groups is 2. The molecule has 0 unspecified atom stereocenters. The second-order valence-electron chi connectivity index (χ2n) is 3.70. The van der Waals surface area contributed by atoms with Crippen molar-refractivity contribution < 1.29 is 19.1 Å². The fourth-order valence-corrected chi connectivity index (χ4v) is 1.72. The highest BCUT2D eigenvalue weighted by atomic mass is 16.5. The molecule has 0 aromatic rings. The Morgan fingerprint density at radius 1 is 1.12 bits per heavy atom. The monoisotopic (exact) mass is 238 g/mol. The maximum Gasteiger partial charge on any atom is 0.310 e. The van der Waals surface area contributed by atoms with Gasteiger partial charge in [-0.3, -0.25) is 9.59 Å². The van der Waals surface area contributed by atoms with Crippen molar-refractivity contribution in [2.24, 2.45) is 0 Å². The van der Waals surface area contributed by atoms with E-state index in [1.165, 1.54) is 0 Å². The van der Waals surface area contributed by atoms with Crippen molar-refractivity contribution in [3.8, 4) is 0 Å². The van der Waals surface area contributed by atoms with Gasteiger partial charge in [0.25, 0.3) is 0 Å². The third-order valence-electron chi connectivity index (χ3n) is 2.44. The van der Waals surface area contributed by atoms with Crippen molar-refractivity contribution in [1.29, 1.82) is 0 Å². The van der Waals surface area contributed by atoms with Crippen molar-refractivity contribution in [1.82, 2.24) is 0 Å². The SMILES string of the molecule is CCOC(=O)CC1=C(CC(=O)OCC)CC=C1. The van der Waals surface area contributed by atoms with Gasteiger partial charge in [-0.25, -0.2) is 0 Å². The van der Waals surface area contributed by atoms with Crippen LogP contribution in [0.5, 0.6) is 0 Å². The highest BCUT2D eigenvalue weighted by Gasteiger charge is 2.16. The molecular formula is C13H18O4. The Hall–Kier alpha value is -1.58. The number of carbonyl (C=O) groups excluding carboxylic acids is 2. The van der Waals surface area contributed by atoms with Gasteiger partial charge in [-0.05, 0) is 25.8 Å². The zero-order valence-corrected chi connectivity index (χ0v) is 10.3. The van der Waals surface area contributed by atoms with Crippen LogP contribution >= 0.6 is 0 Å². The number of hydrogen-bond acceptors (Lipinski definition) is 4. The third-order valence-corrected chi connectivity index (χ3v) is 2.44. The molecule has 1 rings (SSSR count). The molecule has 0 spiro atoms. The van der Waals surface area contributed by atoms with Crippen LogP contribution in [0.25, 0.3) is 0 Å². The van der Waals surface area contributed by atoms with E-state index >= 15 is 0 Å². The maximum absolute atomic E-state index is 11.4. The van der Waals surface area contributed by atoms with Gasteiger partial charge in [-0.1, -0.05) is 17.7 Å². The average molecular weight is 238 g/mol. The van der Waals surface area contributed by atoms with E-state index in [0.29, 0.717) is 19.6 Å². The molecule has 4 heteroatoms. The molecule has 0 amide bonds. The summed E-state index contributed by atoms with van der Waals surface area (Å²) in [5.41, 5.74) is 1.84. The van der Waals surface area contributed by atoms with E-state index in [-0.39, 0.29) is 24.8 Å². The summed E-state index contributed by atoms with van der Waals surface area (Å²) in [6, 6.07) is 0. The van der Waals surface area contributed by atoms with Gasteiger partial charge in [0.2, 0.25) is 0 Å². The molecule has 0 heterocycles. The fourth-order valence-electron chi connectivity index (χ4n) is 1.72. The molecule has 1 aliphatic carbocycles. The van der Waals surface area contributed by atoms with Crippen LogP contribution in [0.15, 0.2) is 23.3 Å². The Labute approximate surface area is 101 Å². The van der Waals surface area contributed by atoms with Crippen molar-refractivity contribution >= 4 is 11.9 Å². The van der Waals surface area contributed by atoms with Crippen LogP contribution in [0.4, 0.5) is 0 Å². The average Bonchev–Trinajstić information content (AvgIpc) is 2.66. The van der Waals surface area contributed by atoms with Crippen LogP contribution in [-0.2, 0) is 19.1 Å². The standard InChI is InChI=1S/C13H18O4/c1-3-16-12(14)8-10-6-5-7-11(10)9-13(15)17-4-2/h5-6H,3-4,7-9H2,1-2H3. The smallest absolute Gasteiger partial charge is 0.310 e. The number of rotatable bonds is 6. The second-order valence-corrected chi connectivity index (χ2v) is 3.70. The Kier molecular flexibility index (Phi) is 5.46. The highest BCUT2D eigenvalue weighted by molar-refractivity contribution is 5.77. The molecule has 0 saturated heterocycles. The lowest BCUT2D eigenvalue weighted by Crippen LogP contribution is -2.08. The molecule has 0 fully saturated rings. The largest absolute Gasteiger partial charge is 0.466 e. The van der Waals surface area contributed by atoms with E-state index in [0.717, 1.165) is 11.1 Å². The molecule has 0 aromatic heterocycles. The van der Waals surface area contributed by atoms with E-state index < -0.39 is 0 Å². The second kappa shape index (κ2) is 6.89. The summed E-state index contributed by atoms with van der Waals surface area (Å²) in [4.78, 5) is 22.7. The van der Waals surface area contributed by atoms with Crippen molar-refractivity contribution in [2.75, 3.05) is 13.2 Å². The van der Waals surface area contributed by atoms with Gasteiger partial charge in [0.05, 0.1) is 26.1 Å². The lowest BCUT2D eigenvalue weighted by atomic mass is 10.1. The van der Waals surface area contributed by atoms with Crippen LogP contribution in [0.1, 0.15) is 33.1 Å². The van der Waals surface area contributed by atoms with Gasteiger partial charge < -0.3 is 9.47 Å². The summed E-state index contributed by atoms with van der Waals surface area (Å²) in [7, 11) is 0. The zero-order valence-electron chi connectivity index (χ0n) is 10.3. The number of allylic oxidation sites excluding steroid dienone is 2. The summed E-state index contributed by atoms with van der Waals surface area (Å²) in [6.45, 7) is 4.31. The lowest BCUT2D eigenvalue weighted by molar-refractivity contribution is -0.143. The van der Waals surface area contributed by atoms with E-state index in [9.17, 15) is 9.59 Å². The minimum Gasteiger partial charge on any atom is -0.466 e. The van der Waals surface area contributed by atoms with Gasteiger partial charge in [0, 0.05) is 0 Å². The van der Waals surface area contributed by atoms with Crippen LogP contribution in [0, 0.1) is 0 Å². The molecule has 0 saturated carbocycles. The molecule has 0 radical (unpaired) electrons. The van der Waals surface area contributed by atoms with Crippen LogP contribution in [0.3, 0.4) is 0 Å². The van der Waals surface area contributed by atoms with Crippen molar-refractivity contribution in [3.05, 3.63) is 23.3 Å². The summed E-state index contributed by atoms with van der Waals surface area (Å²) in [5, 5.41) is 0.